The number of amides is 1. The molecule has 0 spiro atoms. The molecule has 1 saturated heterocycles. The van der Waals surface area contributed by atoms with Gasteiger partial charge >= 0.3 is 0 Å². The summed E-state index contributed by atoms with van der Waals surface area (Å²) in [7, 11) is 1.33. The third-order valence-electron chi connectivity index (χ3n) is 5.53. The maximum Gasteiger partial charge on any atom is 0.253 e. The molecule has 1 aliphatic heterocycles. The van der Waals surface area contributed by atoms with Crippen molar-refractivity contribution in [2.45, 2.75) is 17.9 Å². The van der Waals surface area contributed by atoms with E-state index in [0.29, 0.717) is 37.7 Å². The summed E-state index contributed by atoms with van der Waals surface area (Å²) < 4.78 is 38.3. The molecule has 0 aliphatic carbocycles. The Labute approximate surface area is 194 Å². The first-order chi connectivity index (χ1) is 15.2. The Morgan fingerprint density at radius 2 is 1.75 bits per heavy atom. The quantitative estimate of drug-likeness (QED) is 0.654. The predicted molar refractivity (Wildman–Crippen MR) is 123 cm³/mol. The van der Waals surface area contributed by atoms with E-state index in [1.54, 1.807) is 39.3 Å². The Hall–Kier alpha value is -2.33. The van der Waals surface area contributed by atoms with Gasteiger partial charge in [0.05, 0.1) is 35.7 Å². The van der Waals surface area contributed by atoms with E-state index in [2.05, 4.69) is 10.2 Å². The lowest BCUT2D eigenvalue weighted by Gasteiger charge is -2.31. The third-order valence-corrected chi connectivity index (χ3v) is 7.76. The molecule has 2 aromatic rings. The summed E-state index contributed by atoms with van der Waals surface area (Å²) in [5.74, 6) is 0.735. The van der Waals surface area contributed by atoms with E-state index < -0.39 is 22.0 Å². The van der Waals surface area contributed by atoms with Gasteiger partial charge in [-0.1, -0.05) is 11.6 Å². The SMILES string of the molecule is COc1ccc(OC)c([C@H](C)NC(=O)c2cc(S(=O)(=O)N3CCN(C)CC3)ccc2Cl)c1. The Balaban J connectivity index is 1.85. The molecule has 2 aromatic carbocycles. The zero-order chi connectivity index (χ0) is 23.5. The molecule has 1 atom stereocenters. The normalized spacial score (nSPS) is 16.4. The number of piperazine rings is 1. The second-order valence-corrected chi connectivity index (χ2v) is 10.00. The van der Waals surface area contributed by atoms with Gasteiger partial charge in [-0.2, -0.15) is 4.31 Å². The Morgan fingerprint density at radius 3 is 2.38 bits per heavy atom. The van der Waals surface area contributed by atoms with Crippen LogP contribution in [0.1, 0.15) is 28.9 Å². The maximum atomic E-state index is 13.1. The van der Waals surface area contributed by atoms with Crippen molar-refractivity contribution in [2.75, 3.05) is 47.4 Å². The first-order valence-electron chi connectivity index (χ1n) is 10.2. The number of hydrogen-bond acceptors (Lipinski definition) is 6. The smallest absolute Gasteiger partial charge is 0.253 e. The van der Waals surface area contributed by atoms with Gasteiger partial charge in [0.1, 0.15) is 11.5 Å². The molecule has 0 radical (unpaired) electrons. The molecule has 32 heavy (non-hydrogen) atoms. The summed E-state index contributed by atoms with van der Waals surface area (Å²) >= 11 is 6.26. The molecule has 10 heteroatoms. The molecular weight excluding hydrogens is 454 g/mol. The fourth-order valence-corrected chi connectivity index (χ4v) is 5.20. The molecular formula is C22H28ClN3O5S. The van der Waals surface area contributed by atoms with Gasteiger partial charge in [-0.25, -0.2) is 8.42 Å². The van der Waals surface area contributed by atoms with Crippen molar-refractivity contribution in [3.05, 3.63) is 52.5 Å². The van der Waals surface area contributed by atoms with Gasteiger partial charge in [0.15, 0.2) is 0 Å². The van der Waals surface area contributed by atoms with Crippen LogP contribution in [0.4, 0.5) is 0 Å². The fourth-order valence-electron chi connectivity index (χ4n) is 3.55. The monoisotopic (exact) mass is 481 g/mol. The molecule has 1 fully saturated rings. The first kappa shape index (κ1) is 24.3. The first-order valence-corrected chi connectivity index (χ1v) is 12.0. The molecule has 174 valence electrons. The highest BCUT2D eigenvalue weighted by atomic mass is 35.5. The lowest BCUT2D eigenvalue weighted by molar-refractivity contribution is 0.0939. The van der Waals surface area contributed by atoms with Crippen molar-refractivity contribution in [3.8, 4) is 11.5 Å². The van der Waals surface area contributed by atoms with Crippen LogP contribution in [0.3, 0.4) is 0 Å². The van der Waals surface area contributed by atoms with Crippen LogP contribution in [0.15, 0.2) is 41.3 Å². The largest absolute Gasteiger partial charge is 0.497 e. The average molecular weight is 482 g/mol. The molecule has 1 heterocycles. The summed E-state index contributed by atoms with van der Waals surface area (Å²) in [6, 6.07) is 9.06. The third kappa shape index (κ3) is 5.17. The highest BCUT2D eigenvalue weighted by Gasteiger charge is 2.29. The van der Waals surface area contributed by atoms with Crippen LogP contribution in [0.5, 0.6) is 11.5 Å². The Morgan fingerprint density at radius 1 is 1.06 bits per heavy atom. The summed E-state index contributed by atoms with van der Waals surface area (Å²) in [6.07, 6.45) is 0. The number of nitrogens with one attached hydrogen (secondary N) is 1. The number of hydrogen-bond donors (Lipinski definition) is 1. The minimum absolute atomic E-state index is 0.0446. The van der Waals surface area contributed by atoms with Gasteiger partial charge in [-0.15, -0.1) is 0 Å². The van der Waals surface area contributed by atoms with Gasteiger partial charge < -0.3 is 19.7 Å². The molecule has 1 N–H and O–H groups in total. The molecule has 0 unspecified atom stereocenters. The fraction of sp³-hybridized carbons (Fsp3) is 0.409. The summed E-state index contributed by atoms with van der Waals surface area (Å²) in [5, 5.41) is 3.04. The van der Waals surface area contributed by atoms with Crippen molar-refractivity contribution < 1.29 is 22.7 Å². The second kappa shape index (κ2) is 10.1. The van der Waals surface area contributed by atoms with Crippen molar-refractivity contribution in [1.29, 1.82) is 0 Å². The zero-order valence-electron chi connectivity index (χ0n) is 18.6. The minimum atomic E-state index is -3.73. The van der Waals surface area contributed by atoms with E-state index in [9.17, 15) is 13.2 Å². The molecule has 0 aromatic heterocycles. The molecule has 8 nitrogen and oxygen atoms in total. The summed E-state index contributed by atoms with van der Waals surface area (Å²) in [5.41, 5.74) is 0.813. The number of sulfonamides is 1. The highest BCUT2D eigenvalue weighted by molar-refractivity contribution is 7.89. The predicted octanol–water partition coefficient (Wildman–Crippen LogP) is 2.78. The van der Waals surface area contributed by atoms with Crippen LogP contribution in [0.2, 0.25) is 5.02 Å². The van der Waals surface area contributed by atoms with E-state index in [4.69, 9.17) is 21.1 Å². The number of likely N-dealkylation sites (N-methyl/N-ethyl adjacent to an activating group) is 1. The van der Waals surface area contributed by atoms with Gasteiger partial charge in [0, 0.05) is 31.7 Å². The number of carbonyl (C=O) groups excluding carboxylic acids is 1. The van der Waals surface area contributed by atoms with E-state index in [1.807, 2.05) is 7.05 Å². The van der Waals surface area contributed by atoms with Crippen LogP contribution in [-0.2, 0) is 10.0 Å². The molecule has 1 aliphatic rings. The van der Waals surface area contributed by atoms with Crippen LogP contribution in [-0.4, -0.2) is 71.0 Å². The molecule has 0 saturated carbocycles. The Kier molecular flexibility index (Phi) is 7.66. The van der Waals surface area contributed by atoms with Crippen molar-refractivity contribution in [1.82, 2.24) is 14.5 Å². The lowest BCUT2D eigenvalue weighted by atomic mass is 10.1. The topological polar surface area (TPSA) is 88.2 Å². The van der Waals surface area contributed by atoms with Crippen molar-refractivity contribution in [2.24, 2.45) is 0 Å². The number of halogens is 1. The molecule has 1 amide bonds. The zero-order valence-corrected chi connectivity index (χ0v) is 20.2. The van der Waals surface area contributed by atoms with E-state index in [1.165, 1.54) is 22.5 Å². The van der Waals surface area contributed by atoms with Crippen LogP contribution in [0, 0.1) is 0 Å². The Bertz CT molecular complexity index is 1080. The van der Waals surface area contributed by atoms with Crippen LogP contribution >= 0.6 is 11.6 Å². The number of rotatable bonds is 7. The number of ether oxygens (including phenoxy) is 2. The van der Waals surface area contributed by atoms with Gasteiger partial charge in [-0.05, 0) is 50.4 Å². The summed E-state index contributed by atoms with van der Waals surface area (Å²) in [6.45, 7) is 3.90. The number of benzene rings is 2. The van der Waals surface area contributed by atoms with Gasteiger partial charge in [-0.3, -0.25) is 4.79 Å². The van der Waals surface area contributed by atoms with Gasteiger partial charge in [0.25, 0.3) is 5.91 Å². The van der Waals surface area contributed by atoms with E-state index >= 15 is 0 Å². The van der Waals surface area contributed by atoms with Gasteiger partial charge in [0.2, 0.25) is 10.0 Å². The highest BCUT2D eigenvalue weighted by Crippen LogP contribution is 2.30. The van der Waals surface area contributed by atoms with Crippen LogP contribution < -0.4 is 14.8 Å². The van der Waals surface area contributed by atoms with E-state index in [-0.39, 0.29) is 15.5 Å². The van der Waals surface area contributed by atoms with Crippen molar-refractivity contribution >= 4 is 27.5 Å². The maximum absolute atomic E-state index is 13.1. The number of methoxy groups -OCH3 is 2. The minimum Gasteiger partial charge on any atom is -0.497 e. The van der Waals surface area contributed by atoms with E-state index in [0.717, 1.165) is 5.56 Å². The van der Waals surface area contributed by atoms with Crippen LogP contribution in [0.25, 0.3) is 0 Å². The molecule has 0 bridgehead atoms. The number of carbonyl (C=O) groups is 1. The molecule has 3 rings (SSSR count). The summed E-state index contributed by atoms with van der Waals surface area (Å²) in [4.78, 5) is 15.1. The standard InChI is InChI=1S/C22H28ClN3O5S/c1-15(18-13-16(30-3)5-8-21(18)31-4)24-22(27)19-14-17(6-7-20(19)23)32(28,29)26-11-9-25(2)10-12-26/h5-8,13-15H,9-12H2,1-4H3,(H,24,27)/t15-/m0/s1. The van der Waals surface area contributed by atoms with Crippen molar-refractivity contribution in [3.63, 3.8) is 0 Å². The lowest BCUT2D eigenvalue weighted by Crippen LogP contribution is -2.47. The second-order valence-electron chi connectivity index (χ2n) is 7.65. The number of nitrogens with zero attached hydrogens (tertiary/aromatic N) is 2. The average Bonchev–Trinajstić information content (AvgIpc) is 2.78.